The predicted octanol–water partition coefficient (Wildman–Crippen LogP) is 5.21. The van der Waals surface area contributed by atoms with Crippen molar-refractivity contribution in [2.75, 3.05) is 0 Å². The maximum atomic E-state index is 12.8. The Labute approximate surface area is 139 Å². The van der Waals surface area contributed by atoms with E-state index in [2.05, 4.69) is 0 Å². The van der Waals surface area contributed by atoms with Gasteiger partial charge < -0.3 is 4.57 Å². The van der Waals surface area contributed by atoms with E-state index in [9.17, 15) is 18.0 Å². The Kier molecular flexibility index (Phi) is 3.85. The number of hydrogen-bond donors (Lipinski definition) is 0. The Bertz CT molecular complexity index is 782. The zero-order valence-corrected chi connectivity index (χ0v) is 14.0. The third kappa shape index (κ3) is 2.87. The van der Waals surface area contributed by atoms with E-state index in [4.69, 9.17) is 0 Å². The molecule has 128 valence electrons. The van der Waals surface area contributed by atoms with E-state index in [1.54, 1.807) is 0 Å². The van der Waals surface area contributed by atoms with Crippen molar-refractivity contribution in [3.63, 3.8) is 0 Å². The first-order chi connectivity index (χ1) is 11.1. The second-order valence-electron chi connectivity index (χ2n) is 7.19. The third-order valence-electron chi connectivity index (χ3n) is 4.60. The van der Waals surface area contributed by atoms with Crippen LogP contribution in [0.4, 0.5) is 13.2 Å². The first-order valence-corrected chi connectivity index (χ1v) is 8.06. The molecule has 5 heteroatoms. The molecular formula is C19H20F3NO. The fraction of sp³-hybridized carbons (Fsp3) is 0.421. The molecule has 0 fully saturated rings. The van der Waals surface area contributed by atoms with E-state index in [-0.39, 0.29) is 11.2 Å². The normalized spacial score (nSPS) is 17.0. The van der Waals surface area contributed by atoms with Crippen molar-refractivity contribution in [1.29, 1.82) is 0 Å². The highest BCUT2D eigenvalue weighted by Crippen LogP contribution is 2.38. The van der Waals surface area contributed by atoms with Gasteiger partial charge in [0.05, 0.1) is 5.56 Å². The number of carbonyl (C=O) groups excluding carboxylic acids is 1. The van der Waals surface area contributed by atoms with Crippen LogP contribution < -0.4 is 0 Å². The van der Waals surface area contributed by atoms with Gasteiger partial charge in [0, 0.05) is 29.6 Å². The molecule has 1 aliphatic rings. The molecule has 1 heterocycles. The van der Waals surface area contributed by atoms with Crippen LogP contribution in [0, 0.1) is 5.41 Å². The fourth-order valence-electron chi connectivity index (χ4n) is 3.47. The summed E-state index contributed by atoms with van der Waals surface area (Å²) in [5.41, 5.74) is 2.48. The van der Waals surface area contributed by atoms with Gasteiger partial charge in [-0.25, -0.2) is 0 Å². The molecule has 0 N–H and O–H groups in total. The van der Waals surface area contributed by atoms with Crippen LogP contribution >= 0.6 is 0 Å². The summed E-state index contributed by atoms with van der Waals surface area (Å²) in [6.07, 6.45) is -0.491. The number of Topliss-reactive ketones (excluding diaryl/α,β-unsaturated/α-hetero) is 1. The molecule has 1 aliphatic carbocycles. The van der Waals surface area contributed by atoms with Gasteiger partial charge in [0.25, 0.3) is 0 Å². The molecule has 2 nitrogen and oxygen atoms in total. The lowest BCUT2D eigenvalue weighted by Crippen LogP contribution is -2.28. The number of rotatable bonds is 2. The van der Waals surface area contributed by atoms with Gasteiger partial charge in [-0.05, 0) is 48.1 Å². The Morgan fingerprint density at radius 2 is 1.75 bits per heavy atom. The topological polar surface area (TPSA) is 22.0 Å². The molecule has 3 rings (SSSR count). The monoisotopic (exact) mass is 335 g/mol. The van der Waals surface area contributed by atoms with Crippen molar-refractivity contribution in [2.24, 2.45) is 5.41 Å². The Hall–Kier alpha value is -2.04. The quantitative estimate of drug-likeness (QED) is 0.738. The smallest absolute Gasteiger partial charge is 0.320 e. The van der Waals surface area contributed by atoms with Gasteiger partial charge in [0.15, 0.2) is 5.78 Å². The van der Waals surface area contributed by atoms with E-state index in [0.717, 1.165) is 41.8 Å². The van der Waals surface area contributed by atoms with Crippen molar-refractivity contribution >= 4 is 5.78 Å². The lowest BCUT2D eigenvalue weighted by atomic mass is 9.75. The van der Waals surface area contributed by atoms with E-state index in [0.29, 0.717) is 12.1 Å². The average Bonchev–Trinajstić information content (AvgIpc) is 2.83. The van der Waals surface area contributed by atoms with Crippen molar-refractivity contribution in [2.45, 2.75) is 46.2 Å². The van der Waals surface area contributed by atoms with E-state index >= 15 is 0 Å². The van der Waals surface area contributed by atoms with Crippen LogP contribution in [0.1, 0.15) is 54.4 Å². The number of hydrogen-bond acceptors (Lipinski definition) is 1. The Morgan fingerprint density at radius 3 is 2.29 bits per heavy atom. The maximum absolute atomic E-state index is 12.8. The molecule has 0 aliphatic heterocycles. The van der Waals surface area contributed by atoms with Crippen LogP contribution in [0.25, 0.3) is 5.69 Å². The zero-order valence-electron chi connectivity index (χ0n) is 14.0. The molecule has 1 aromatic heterocycles. The Balaban J connectivity index is 2.11. The van der Waals surface area contributed by atoms with Gasteiger partial charge >= 0.3 is 6.18 Å². The predicted molar refractivity (Wildman–Crippen MR) is 86.6 cm³/mol. The number of carbonyl (C=O) groups is 1. The number of benzene rings is 1. The Morgan fingerprint density at radius 1 is 1.12 bits per heavy atom. The van der Waals surface area contributed by atoms with Gasteiger partial charge in [0.2, 0.25) is 0 Å². The average molecular weight is 335 g/mol. The molecule has 0 atom stereocenters. The summed E-state index contributed by atoms with van der Waals surface area (Å²) < 4.78 is 40.1. The van der Waals surface area contributed by atoms with Crippen LogP contribution in [0.5, 0.6) is 0 Å². The number of aromatic nitrogens is 1. The molecule has 0 radical (unpaired) electrons. The second-order valence-corrected chi connectivity index (χ2v) is 7.19. The summed E-state index contributed by atoms with van der Waals surface area (Å²) in [6.45, 7) is 6.08. The lowest BCUT2D eigenvalue weighted by molar-refractivity contribution is -0.137. The largest absolute Gasteiger partial charge is 0.416 e. The number of ketones is 1. The molecular weight excluding hydrogens is 315 g/mol. The molecule has 0 saturated carbocycles. The minimum Gasteiger partial charge on any atom is -0.320 e. The molecule has 1 aromatic carbocycles. The second kappa shape index (κ2) is 5.50. The SMILES string of the molecule is CCc1cn(-c2ccc(C(F)(F)F)cc2)c2c1C(=O)CC(C)(C)C2. The fourth-order valence-corrected chi connectivity index (χ4v) is 3.47. The first kappa shape index (κ1) is 16.8. The molecule has 24 heavy (non-hydrogen) atoms. The van der Waals surface area contributed by atoms with Gasteiger partial charge in [0.1, 0.15) is 0 Å². The van der Waals surface area contributed by atoms with Crippen molar-refractivity contribution in [3.8, 4) is 5.69 Å². The molecule has 2 aromatic rings. The highest BCUT2D eigenvalue weighted by atomic mass is 19.4. The lowest BCUT2D eigenvalue weighted by Gasteiger charge is -2.30. The number of alkyl halides is 3. The van der Waals surface area contributed by atoms with Crippen LogP contribution in [0.3, 0.4) is 0 Å². The van der Waals surface area contributed by atoms with Crippen molar-refractivity contribution in [1.82, 2.24) is 4.57 Å². The summed E-state index contributed by atoms with van der Waals surface area (Å²) in [4.78, 5) is 12.5. The minimum atomic E-state index is -4.35. The van der Waals surface area contributed by atoms with Crippen LogP contribution in [-0.2, 0) is 19.0 Å². The third-order valence-corrected chi connectivity index (χ3v) is 4.60. The molecule has 0 unspecified atom stereocenters. The summed E-state index contributed by atoms with van der Waals surface area (Å²) in [6, 6.07) is 5.11. The van der Waals surface area contributed by atoms with E-state index in [1.807, 2.05) is 31.5 Å². The van der Waals surface area contributed by atoms with Gasteiger partial charge in [-0.1, -0.05) is 20.8 Å². The standard InChI is InChI=1S/C19H20F3NO/c1-4-12-11-23(14-7-5-13(6-8-14)19(20,21)22)15-9-18(2,3)10-16(24)17(12)15/h5-8,11H,4,9-10H2,1-3H3. The van der Waals surface area contributed by atoms with E-state index < -0.39 is 11.7 Å². The van der Waals surface area contributed by atoms with Gasteiger partial charge in [-0.3, -0.25) is 4.79 Å². The summed E-state index contributed by atoms with van der Waals surface area (Å²) >= 11 is 0. The maximum Gasteiger partial charge on any atom is 0.416 e. The summed E-state index contributed by atoms with van der Waals surface area (Å²) in [5.74, 6) is 0.128. The van der Waals surface area contributed by atoms with Crippen LogP contribution in [0.15, 0.2) is 30.5 Å². The first-order valence-electron chi connectivity index (χ1n) is 8.06. The van der Waals surface area contributed by atoms with Crippen molar-refractivity contribution in [3.05, 3.63) is 52.8 Å². The molecule has 0 spiro atoms. The number of halogens is 3. The minimum absolute atomic E-state index is 0.128. The number of aryl methyl sites for hydroxylation is 1. The summed E-state index contributed by atoms with van der Waals surface area (Å²) in [5, 5.41) is 0. The zero-order chi connectivity index (χ0) is 17.7. The highest BCUT2D eigenvalue weighted by molar-refractivity contribution is 6.00. The van der Waals surface area contributed by atoms with Crippen LogP contribution in [-0.4, -0.2) is 10.4 Å². The van der Waals surface area contributed by atoms with Crippen LogP contribution in [0.2, 0.25) is 0 Å². The number of fused-ring (bicyclic) bond motifs is 1. The van der Waals surface area contributed by atoms with Gasteiger partial charge in [-0.2, -0.15) is 13.2 Å². The molecule has 0 bridgehead atoms. The summed E-state index contributed by atoms with van der Waals surface area (Å²) in [7, 11) is 0. The van der Waals surface area contributed by atoms with E-state index in [1.165, 1.54) is 12.1 Å². The highest BCUT2D eigenvalue weighted by Gasteiger charge is 2.35. The number of nitrogens with zero attached hydrogens (tertiary/aromatic N) is 1. The van der Waals surface area contributed by atoms with Crippen molar-refractivity contribution < 1.29 is 18.0 Å². The molecule has 0 amide bonds. The van der Waals surface area contributed by atoms with Gasteiger partial charge in [-0.15, -0.1) is 0 Å². The molecule has 0 saturated heterocycles.